The first kappa shape index (κ1) is 24.3. The number of carbonyl (C=O) groups is 1. The molecule has 1 saturated carbocycles. The van der Waals surface area contributed by atoms with E-state index in [9.17, 15) is 4.79 Å². The van der Waals surface area contributed by atoms with Gasteiger partial charge in [0.2, 0.25) is 0 Å². The van der Waals surface area contributed by atoms with Gasteiger partial charge in [0, 0.05) is 49.4 Å². The zero-order chi connectivity index (χ0) is 26.2. The fraction of sp³-hybridized carbons (Fsp3) is 0.552. The average molecular weight is 533 g/mol. The normalized spacial score (nSPS) is 23.3. The monoisotopic (exact) mass is 532 g/mol. The summed E-state index contributed by atoms with van der Waals surface area (Å²) in [5.74, 6) is 0.459. The largest absolute Gasteiger partial charge is 0.380 e. The second-order valence-corrected chi connectivity index (χ2v) is 13.2. The van der Waals surface area contributed by atoms with Crippen LogP contribution in [0.4, 0.5) is 0 Å². The van der Waals surface area contributed by atoms with Gasteiger partial charge in [-0.25, -0.2) is 9.50 Å². The first-order valence-electron chi connectivity index (χ1n) is 13.9. The molecule has 0 unspecified atom stereocenters. The molecule has 3 fully saturated rings. The summed E-state index contributed by atoms with van der Waals surface area (Å²) in [6.45, 7) is 10.8. The van der Waals surface area contributed by atoms with Gasteiger partial charge < -0.3 is 14.6 Å². The van der Waals surface area contributed by atoms with Gasteiger partial charge in [0.25, 0.3) is 5.91 Å². The van der Waals surface area contributed by atoms with E-state index in [0.29, 0.717) is 23.4 Å². The second-order valence-electron chi connectivity index (χ2n) is 12.1. The van der Waals surface area contributed by atoms with Crippen LogP contribution in [0.25, 0.3) is 27.1 Å². The van der Waals surface area contributed by atoms with Crippen molar-refractivity contribution in [3.05, 3.63) is 40.7 Å². The lowest BCUT2D eigenvalue weighted by atomic mass is 9.75. The zero-order valence-electron chi connectivity index (χ0n) is 22.7. The Balaban J connectivity index is 1.09. The topological polar surface area (TPSA) is 78.8 Å². The minimum absolute atomic E-state index is 0.147. The molecule has 6 heterocycles. The van der Waals surface area contributed by atoms with Gasteiger partial charge in [0.15, 0.2) is 5.65 Å². The van der Waals surface area contributed by atoms with Gasteiger partial charge in [-0.1, -0.05) is 13.8 Å². The number of amides is 1. The molecule has 1 aliphatic carbocycles. The highest BCUT2D eigenvalue weighted by Gasteiger charge is 2.51. The predicted molar refractivity (Wildman–Crippen MR) is 150 cm³/mol. The van der Waals surface area contributed by atoms with Crippen LogP contribution in [0.2, 0.25) is 0 Å². The third-order valence-electron chi connectivity index (χ3n) is 9.09. The van der Waals surface area contributed by atoms with Crippen molar-refractivity contribution in [1.82, 2.24) is 29.4 Å². The van der Waals surface area contributed by atoms with Crippen molar-refractivity contribution in [2.24, 2.45) is 5.41 Å². The number of rotatable bonds is 5. The quantitative estimate of drug-likeness (QED) is 0.388. The number of aromatic nitrogens is 4. The lowest BCUT2D eigenvalue weighted by Crippen LogP contribution is -2.68. The molecule has 38 heavy (non-hydrogen) atoms. The van der Waals surface area contributed by atoms with E-state index < -0.39 is 0 Å². The Labute approximate surface area is 227 Å². The van der Waals surface area contributed by atoms with E-state index in [1.165, 1.54) is 36.2 Å². The lowest BCUT2D eigenvalue weighted by molar-refractivity contribution is -0.200. The molecule has 4 aromatic heterocycles. The maximum absolute atomic E-state index is 13.6. The Bertz CT molecular complexity index is 1510. The number of ether oxygens (including phenoxy) is 1. The van der Waals surface area contributed by atoms with Gasteiger partial charge in [-0.2, -0.15) is 5.10 Å². The van der Waals surface area contributed by atoms with Crippen molar-refractivity contribution in [1.29, 1.82) is 0 Å². The molecule has 200 valence electrons. The molecule has 4 aromatic rings. The van der Waals surface area contributed by atoms with Gasteiger partial charge in [0.05, 0.1) is 34.0 Å². The van der Waals surface area contributed by atoms with Gasteiger partial charge in [0.1, 0.15) is 6.33 Å². The van der Waals surface area contributed by atoms with E-state index in [0.717, 1.165) is 58.9 Å². The number of carbonyl (C=O) groups excluding carboxylic acids is 1. The fourth-order valence-corrected chi connectivity index (χ4v) is 8.21. The summed E-state index contributed by atoms with van der Waals surface area (Å²) in [4.78, 5) is 27.1. The summed E-state index contributed by atoms with van der Waals surface area (Å²) in [6.07, 6.45) is 8.16. The maximum Gasteiger partial charge on any atom is 0.264 e. The summed E-state index contributed by atoms with van der Waals surface area (Å²) >= 11 is 1.63. The van der Waals surface area contributed by atoms with Gasteiger partial charge in [-0.05, 0) is 61.8 Å². The van der Waals surface area contributed by atoms with Crippen LogP contribution in [0.15, 0.2) is 24.7 Å². The Kier molecular flexibility index (Phi) is 5.69. The molecule has 2 saturated heterocycles. The van der Waals surface area contributed by atoms with Gasteiger partial charge >= 0.3 is 0 Å². The van der Waals surface area contributed by atoms with E-state index in [1.54, 1.807) is 17.7 Å². The molecule has 9 heteroatoms. The molecule has 2 aliphatic heterocycles. The smallest absolute Gasteiger partial charge is 0.264 e. The van der Waals surface area contributed by atoms with E-state index >= 15 is 0 Å². The van der Waals surface area contributed by atoms with Gasteiger partial charge in [-0.3, -0.25) is 9.69 Å². The van der Waals surface area contributed by atoms with Crippen molar-refractivity contribution in [2.45, 2.75) is 64.5 Å². The zero-order valence-corrected chi connectivity index (χ0v) is 23.5. The van der Waals surface area contributed by atoms with E-state index in [4.69, 9.17) is 4.74 Å². The molecule has 1 amide bonds. The lowest BCUT2D eigenvalue weighted by Gasteiger charge is -2.58. The van der Waals surface area contributed by atoms with Crippen molar-refractivity contribution < 1.29 is 9.53 Å². The van der Waals surface area contributed by atoms with Crippen LogP contribution < -0.4 is 0 Å². The number of pyridine rings is 1. The predicted octanol–water partition coefficient (Wildman–Crippen LogP) is 5.09. The molecule has 1 spiro atoms. The summed E-state index contributed by atoms with van der Waals surface area (Å²) in [6, 6.07) is 5.22. The molecule has 0 bridgehead atoms. The molecular weight excluding hydrogens is 496 g/mol. The molecule has 0 aromatic carbocycles. The van der Waals surface area contributed by atoms with Crippen molar-refractivity contribution in [3.63, 3.8) is 0 Å². The summed E-state index contributed by atoms with van der Waals surface area (Å²) in [5, 5.41) is 4.35. The SMILES string of the molecule is Cc1cc(-c2[nH]c3cc(C(=O)N(C)C4CCC(N5CC6(COC6)C5)CC4)sc3c2C(C)C)cn2ncnc12. The van der Waals surface area contributed by atoms with Crippen LogP contribution in [0.3, 0.4) is 0 Å². The minimum atomic E-state index is 0.147. The van der Waals surface area contributed by atoms with Crippen LogP contribution in [-0.2, 0) is 4.74 Å². The summed E-state index contributed by atoms with van der Waals surface area (Å²) in [7, 11) is 2.00. The maximum atomic E-state index is 13.6. The van der Waals surface area contributed by atoms with Crippen molar-refractivity contribution in [2.75, 3.05) is 33.4 Å². The Hall–Kier alpha value is -2.75. The highest BCUT2D eigenvalue weighted by molar-refractivity contribution is 7.21. The van der Waals surface area contributed by atoms with Crippen LogP contribution in [0.5, 0.6) is 0 Å². The van der Waals surface area contributed by atoms with E-state index in [-0.39, 0.29) is 5.91 Å². The second kappa shape index (κ2) is 8.89. The number of H-pyrrole nitrogens is 1. The number of likely N-dealkylation sites (tertiary alicyclic amines) is 1. The number of nitrogens with zero attached hydrogens (tertiary/aromatic N) is 5. The Morgan fingerprint density at radius 1 is 1.21 bits per heavy atom. The number of hydrogen-bond acceptors (Lipinski definition) is 6. The van der Waals surface area contributed by atoms with Crippen LogP contribution in [0.1, 0.15) is 66.2 Å². The molecule has 7 rings (SSSR count). The molecule has 0 atom stereocenters. The van der Waals surface area contributed by atoms with Gasteiger partial charge in [-0.15, -0.1) is 11.3 Å². The number of fused-ring (bicyclic) bond motifs is 2. The highest BCUT2D eigenvalue weighted by Crippen LogP contribution is 2.43. The highest BCUT2D eigenvalue weighted by atomic mass is 32.1. The molecule has 8 nitrogen and oxygen atoms in total. The Morgan fingerprint density at radius 2 is 1.97 bits per heavy atom. The third kappa shape index (κ3) is 3.81. The molecule has 3 aliphatic rings. The number of aromatic amines is 1. The summed E-state index contributed by atoms with van der Waals surface area (Å²) in [5.41, 5.74) is 6.93. The van der Waals surface area contributed by atoms with E-state index in [2.05, 4.69) is 52.9 Å². The number of aryl methyl sites for hydroxylation is 1. The van der Waals surface area contributed by atoms with Crippen LogP contribution in [0, 0.1) is 12.3 Å². The van der Waals surface area contributed by atoms with Crippen LogP contribution >= 0.6 is 11.3 Å². The van der Waals surface area contributed by atoms with Crippen molar-refractivity contribution >= 4 is 33.1 Å². The summed E-state index contributed by atoms with van der Waals surface area (Å²) < 4.78 is 8.45. The molecule has 0 radical (unpaired) electrons. The van der Waals surface area contributed by atoms with E-state index in [1.807, 2.05) is 22.7 Å². The standard InChI is InChI=1S/C29H36N6O2S/c1-17(2)24-25(19-9-18(3)27-30-16-31-35(27)11-19)32-22-10-23(38-26(22)24)28(36)33(4)20-5-7-21(8-6-20)34-12-29(13-34)14-37-15-29/h9-11,16-17,20-21,32H,5-8,12-15H2,1-4H3. The van der Waals surface area contributed by atoms with Crippen LogP contribution in [-0.4, -0.2) is 80.7 Å². The van der Waals surface area contributed by atoms with Crippen molar-refractivity contribution in [3.8, 4) is 11.3 Å². The molecule has 1 N–H and O–H groups in total. The Morgan fingerprint density at radius 3 is 2.66 bits per heavy atom. The third-order valence-corrected chi connectivity index (χ3v) is 10.2. The minimum Gasteiger partial charge on any atom is -0.380 e. The number of thiophene rings is 1. The first-order valence-corrected chi connectivity index (χ1v) is 14.7. The first-order chi connectivity index (χ1) is 18.3. The number of hydrogen-bond donors (Lipinski definition) is 1. The number of nitrogens with one attached hydrogen (secondary N) is 1. The average Bonchev–Trinajstić information content (AvgIpc) is 3.56. The fourth-order valence-electron chi connectivity index (χ4n) is 6.91. The molecular formula is C29H36N6O2S.